The summed E-state index contributed by atoms with van der Waals surface area (Å²) >= 11 is 0. The summed E-state index contributed by atoms with van der Waals surface area (Å²) in [6.45, 7) is 6.18. The maximum atomic E-state index is 12.1. The van der Waals surface area contributed by atoms with Gasteiger partial charge >= 0.3 is 12.0 Å². The van der Waals surface area contributed by atoms with Crippen molar-refractivity contribution < 1.29 is 14.7 Å². The van der Waals surface area contributed by atoms with Crippen LogP contribution in [0.2, 0.25) is 0 Å². The van der Waals surface area contributed by atoms with Crippen LogP contribution in [0.15, 0.2) is 12.4 Å². The predicted molar refractivity (Wildman–Crippen MR) is 77.2 cm³/mol. The first-order chi connectivity index (χ1) is 10.1. The molecule has 2 rings (SSSR count). The summed E-state index contributed by atoms with van der Waals surface area (Å²) in [6, 6.07) is -0.166. The van der Waals surface area contributed by atoms with Gasteiger partial charge in [-0.15, -0.1) is 0 Å². The molecule has 8 heteroatoms. The number of anilines is 1. The van der Waals surface area contributed by atoms with E-state index in [1.54, 1.807) is 4.90 Å². The van der Waals surface area contributed by atoms with Gasteiger partial charge in [0.25, 0.3) is 0 Å². The molecule has 1 fully saturated rings. The lowest BCUT2D eigenvalue weighted by molar-refractivity contribution is -0.137. The molecule has 1 aliphatic heterocycles. The van der Waals surface area contributed by atoms with Crippen molar-refractivity contribution in [3.63, 3.8) is 0 Å². The summed E-state index contributed by atoms with van der Waals surface area (Å²) in [6.07, 6.45) is 4.09. The number of aromatic nitrogens is 2. The van der Waals surface area contributed by atoms with E-state index in [1.165, 1.54) is 17.1 Å². The maximum absolute atomic E-state index is 12.1. The second-order valence-corrected chi connectivity index (χ2v) is 5.08. The third-order valence-electron chi connectivity index (χ3n) is 3.38. The molecule has 21 heavy (non-hydrogen) atoms. The highest BCUT2D eigenvalue weighted by atomic mass is 16.4. The minimum Gasteiger partial charge on any atom is -0.480 e. The number of hydrogen-bond donors (Lipinski definition) is 2. The van der Waals surface area contributed by atoms with Gasteiger partial charge in [0, 0.05) is 32.4 Å². The Morgan fingerprint density at radius 2 is 2.05 bits per heavy atom. The van der Waals surface area contributed by atoms with Crippen LogP contribution in [0.4, 0.5) is 10.5 Å². The molecule has 1 aliphatic rings. The number of piperazine rings is 1. The monoisotopic (exact) mass is 295 g/mol. The summed E-state index contributed by atoms with van der Waals surface area (Å²) in [5, 5.41) is 15.3. The number of nitrogens with one attached hydrogen (secondary N) is 1. The van der Waals surface area contributed by atoms with Gasteiger partial charge in [-0.1, -0.05) is 6.92 Å². The van der Waals surface area contributed by atoms with Gasteiger partial charge in [-0.05, 0) is 13.0 Å². The molecule has 0 saturated carbocycles. The SMILES string of the molecule is CCCN1CCN(C(=O)Nc2cnn(CC(=O)O)c2)CC1. The van der Waals surface area contributed by atoms with Crippen molar-refractivity contribution >= 4 is 17.7 Å². The number of carboxylic acids is 1. The molecule has 116 valence electrons. The molecule has 0 bridgehead atoms. The number of nitrogens with zero attached hydrogens (tertiary/aromatic N) is 4. The number of hydrogen-bond acceptors (Lipinski definition) is 4. The normalized spacial score (nSPS) is 16.0. The van der Waals surface area contributed by atoms with Crippen LogP contribution >= 0.6 is 0 Å². The largest absolute Gasteiger partial charge is 0.480 e. The molecule has 0 aliphatic carbocycles. The number of amides is 2. The van der Waals surface area contributed by atoms with Gasteiger partial charge in [-0.25, -0.2) is 4.79 Å². The van der Waals surface area contributed by atoms with Crippen molar-refractivity contribution in [3.05, 3.63) is 12.4 Å². The molecular weight excluding hydrogens is 274 g/mol. The van der Waals surface area contributed by atoms with Crippen molar-refractivity contribution in [2.45, 2.75) is 19.9 Å². The van der Waals surface area contributed by atoms with Crippen LogP contribution in [0.1, 0.15) is 13.3 Å². The minimum absolute atomic E-state index is 0.166. The van der Waals surface area contributed by atoms with Crippen molar-refractivity contribution in [1.29, 1.82) is 0 Å². The van der Waals surface area contributed by atoms with E-state index in [1.807, 2.05) is 0 Å². The zero-order valence-electron chi connectivity index (χ0n) is 12.2. The van der Waals surface area contributed by atoms with Crippen LogP contribution in [0.3, 0.4) is 0 Å². The molecule has 1 saturated heterocycles. The Bertz CT molecular complexity index is 494. The van der Waals surface area contributed by atoms with E-state index in [2.05, 4.69) is 22.2 Å². The Balaban J connectivity index is 1.82. The van der Waals surface area contributed by atoms with Gasteiger partial charge in [-0.2, -0.15) is 5.10 Å². The average Bonchev–Trinajstić information content (AvgIpc) is 2.86. The molecule has 0 aromatic carbocycles. The fourth-order valence-electron chi connectivity index (χ4n) is 2.35. The van der Waals surface area contributed by atoms with Crippen LogP contribution < -0.4 is 5.32 Å². The van der Waals surface area contributed by atoms with Gasteiger partial charge in [0.1, 0.15) is 6.54 Å². The van der Waals surface area contributed by atoms with Crippen LogP contribution in [0.5, 0.6) is 0 Å². The zero-order chi connectivity index (χ0) is 15.2. The van der Waals surface area contributed by atoms with Crippen molar-refractivity contribution in [2.24, 2.45) is 0 Å². The Kier molecular flexibility index (Phi) is 5.15. The van der Waals surface area contributed by atoms with E-state index in [-0.39, 0.29) is 12.6 Å². The lowest BCUT2D eigenvalue weighted by atomic mass is 10.3. The van der Waals surface area contributed by atoms with E-state index in [9.17, 15) is 9.59 Å². The predicted octanol–water partition coefficient (Wildman–Crippen LogP) is 0.527. The molecule has 0 atom stereocenters. The van der Waals surface area contributed by atoms with E-state index in [4.69, 9.17) is 5.11 Å². The molecule has 2 heterocycles. The van der Waals surface area contributed by atoms with Crippen LogP contribution in [-0.4, -0.2) is 69.4 Å². The number of urea groups is 1. The summed E-state index contributed by atoms with van der Waals surface area (Å²) in [5.41, 5.74) is 0.511. The second kappa shape index (κ2) is 7.07. The molecule has 0 unspecified atom stereocenters. The number of aliphatic carboxylic acids is 1. The van der Waals surface area contributed by atoms with Gasteiger partial charge in [0.05, 0.1) is 11.9 Å². The number of carboxylic acid groups (broad SMARTS) is 1. The lowest BCUT2D eigenvalue weighted by Gasteiger charge is -2.34. The zero-order valence-corrected chi connectivity index (χ0v) is 12.2. The molecule has 2 N–H and O–H groups in total. The fraction of sp³-hybridized carbons (Fsp3) is 0.615. The molecule has 1 aromatic heterocycles. The van der Waals surface area contributed by atoms with Crippen molar-refractivity contribution in [1.82, 2.24) is 19.6 Å². The maximum Gasteiger partial charge on any atom is 0.325 e. The first-order valence-electron chi connectivity index (χ1n) is 7.11. The molecule has 2 amide bonds. The van der Waals surface area contributed by atoms with E-state index in [0.29, 0.717) is 18.8 Å². The number of carbonyl (C=O) groups excluding carboxylic acids is 1. The topological polar surface area (TPSA) is 90.7 Å². The van der Waals surface area contributed by atoms with Crippen LogP contribution in [0, 0.1) is 0 Å². The van der Waals surface area contributed by atoms with Gasteiger partial charge in [0.15, 0.2) is 0 Å². The first-order valence-corrected chi connectivity index (χ1v) is 7.11. The van der Waals surface area contributed by atoms with E-state index in [0.717, 1.165) is 26.1 Å². The number of rotatable bonds is 5. The molecule has 8 nitrogen and oxygen atoms in total. The lowest BCUT2D eigenvalue weighted by Crippen LogP contribution is -2.50. The first kappa shape index (κ1) is 15.3. The van der Waals surface area contributed by atoms with Crippen molar-refractivity contribution in [2.75, 3.05) is 38.0 Å². The highest BCUT2D eigenvalue weighted by Crippen LogP contribution is 2.09. The molecular formula is C13H21N5O3. The van der Waals surface area contributed by atoms with Crippen LogP contribution in [0.25, 0.3) is 0 Å². The summed E-state index contributed by atoms with van der Waals surface area (Å²) < 4.78 is 1.27. The van der Waals surface area contributed by atoms with Gasteiger partial charge in [0.2, 0.25) is 0 Å². The fourth-order valence-corrected chi connectivity index (χ4v) is 2.35. The van der Waals surface area contributed by atoms with E-state index >= 15 is 0 Å². The third kappa shape index (κ3) is 4.45. The number of carbonyl (C=O) groups is 2. The highest BCUT2D eigenvalue weighted by molar-refractivity contribution is 5.89. The van der Waals surface area contributed by atoms with E-state index < -0.39 is 5.97 Å². The molecule has 1 aromatic rings. The molecule has 0 radical (unpaired) electrons. The Morgan fingerprint density at radius 3 is 2.67 bits per heavy atom. The Hall–Kier alpha value is -2.09. The standard InChI is InChI=1S/C13H21N5O3/c1-2-3-16-4-6-17(7-5-16)13(21)15-11-8-14-18(9-11)10-12(19)20/h8-9H,2-7,10H2,1H3,(H,15,21)(H,19,20). The van der Waals surface area contributed by atoms with Crippen LogP contribution in [-0.2, 0) is 11.3 Å². The quantitative estimate of drug-likeness (QED) is 0.827. The second-order valence-electron chi connectivity index (χ2n) is 5.08. The third-order valence-corrected chi connectivity index (χ3v) is 3.38. The van der Waals surface area contributed by atoms with Crippen molar-refractivity contribution in [3.8, 4) is 0 Å². The minimum atomic E-state index is -0.969. The summed E-state index contributed by atoms with van der Waals surface area (Å²) in [7, 11) is 0. The summed E-state index contributed by atoms with van der Waals surface area (Å²) in [4.78, 5) is 26.8. The van der Waals surface area contributed by atoms with Gasteiger partial charge in [-0.3, -0.25) is 14.4 Å². The Labute approximate surface area is 123 Å². The highest BCUT2D eigenvalue weighted by Gasteiger charge is 2.20. The summed E-state index contributed by atoms with van der Waals surface area (Å²) in [5.74, 6) is -0.969. The molecule has 0 spiro atoms. The smallest absolute Gasteiger partial charge is 0.325 e. The van der Waals surface area contributed by atoms with Gasteiger partial charge < -0.3 is 15.3 Å². The average molecular weight is 295 g/mol. The Morgan fingerprint density at radius 1 is 1.33 bits per heavy atom.